The number of hydrazone groups is 1. The standard InChI is InChI=1S/C35H32Cl2N8O4/c1-21-12-22(14-42(21)18-38-44(20-46)16-24-8-10-31(47)40-24)26-4-2-6-28(33(26)36)29-7-3-5-27(34(29)37)23-13-30-35(49)45(39-19-43(30)15-23)17-25-9-11-32(48)41-25/h2-7,12-15,18-20,24-25H,8-11,16-17H2,1H3,(H,40,47)(H,41,48)/b38-18-. The summed E-state index contributed by atoms with van der Waals surface area (Å²) < 4.78 is 4.87. The van der Waals surface area contributed by atoms with Crippen molar-refractivity contribution in [1.82, 2.24) is 34.4 Å². The first-order valence-corrected chi connectivity index (χ1v) is 16.6. The molecule has 0 spiro atoms. The Morgan fingerprint density at radius 1 is 0.898 bits per heavy atom. The Labute approximate surface area is 290 Å². The molecule has 3 amide bonds. The first-order chi connectivity index (χ1) is 23.7. The normalized spacial score (nSPS) is 17.6. The van der Waals surface area contributed by atoms with Crippen molar-refractivity contribution in [1.29, 1.82) is 0 Å². The zero-order chi connectivity index (χ0) is 34.2. The monoisotopic (exact) mass is 698 g/mol. The summed E-state index contributed by atoms with van der Waals surface area (Å²) in [7, 11) is 0. The summed E-state index contributed by atoms with van der Waals surface area (Å²) in [5, 5.41) is 16.6. The highest BCUT2D eigenvalue weighted by Crippen LogP contribution is 2.42. The van der Waals surface area contributed by atoms with Crippen LogP contribution in [-0.2, 0) is 20.9 Å². The molecule has 12 nitrogen and oxygen atoms in total. The fraction of sp³-hybridized carbons (Fsp3) is 0.257. The molecule has 2 fully saturated rings. The van der Waals surface area contributed by atoms with E-state index in [0.29, 0.717) is 60.7 Å². The van der Waals surface area contributed by atoms with Gasteiger partial charge < -0.3 is 19.6 Å². The van der Waals surface area contributed by atoms with Crippen LogP contribution >= 0.6 is 23.2 Å². The molecule has 49 heavy (non-hydrogen) atoms. The van der Waals surface area contributed by atoms with E-state index in [1.165, 1.54) is 9.69 Å². The van der Waals surface area contributed by atoms with Crippen LogP contribution < -0.4 is 16.2 Å². The van der Waals surface area contributed by atoms with Gasteiger partial charge in [-0.05, 0) is 31.9 Å². The molecule has 5 aromatic rings. The summed E-state index contributed by atoms with van der Waals surface area (Å²) in [5.41, 5.74) is 5.65. The highest BCUT2D eigenvalue weighted by atomic mass is 35.5. The SMILES string of the molecule is Cc1cc(-c2cccc(-c3cccc(-c4cc5c(=O)n(CC6CCC(=O)N6)ncn5c4)c3Cl)c2Cl)cn1/C=N\N(C=O)CC1CCC(=O)N1. The number of hydrogen-bond acceptors (Lipinski definition) is 6. The lowest BCUT2D eigenvalue weighted by molar-refractivity contribution is -0.121. The summed E-state index contributed by atoms with van der Waals surface area (Å²) in [5.74, 6) is -0.0352. The van der Waals surface area contributed by atoms with Gasteiger partial charge in [-0.25, -0.2) is 9.69 Å². The van der Waals surface area contributed by atoms with Crippen LogP contribution in [0.15, 0.2) is 77.1 Å². The molecule has 3 aromatic heterocycles. The molecule has 0 radical (unpaired) electrons. The van der Waals surface area contributed by atoms with Crippen LogP contribution in [0.5, 0.6) is 0 Å². The van der Waals surface area contributed by atoms with Gasteiger partial charge in [0.15, 0.2) is 0 Å². The van der Waals surface area contributed by atoms with E-state index in [-0.39, 0.29) is 29.5 Å². The highest BCUT2D eigenvalue weighted by Gasteiger charge is 2.24. The van der Waals surface area contributed by atoms with Crippen molar-refractivity contribution in [2.24, 2.45) is 5.10 Å². The predicted octanol–water partition coefficient (Wildman–Crippen LogP) is 4.72. The van der Waals surface area contributed by atoms with Gasteiger partial charge in [-0.2, -0.15) is 10.2 Å². The molecule has 0 aliphatic carbocycles. The number of carbonyl (C=O) groups is 3. The molecule has 2 N–H and O–H groups in total. The Kier molecular flexibility index (Phi) is 8.82. The van der Waals surface area contributed by atoms with Crippen molar-refractivity contribution < 1.29 is 14.4 Å². The largest absolute Gasteiger partial charge is 0.351 e. The molecule has 0 saturated carbocycles. The number of fused-ring (bicyclic) bond motifs is 1. The van der Waals surface area contributed by atoms with Gasteiger partial charge in [0, 0.05) is 76.4 Å². The molecular weight excluding hydrogens is 667 g/mol. The second kappa shape index (κ2) is 13.4. The van der Waals surface area contributed by atoms with Crippen LogP contribution in [0.4, 0.5) is 0 Å². The fourth-order valence-electron chi connectivity index (χ4n) is 6.41. The van der Waals surface area contributed by atoms with E-state index in [1.54, 1.807) is 27.7 Å². The molecule has 2 unspecified atom stereocenters. The van der Waals surface area contributed by atoms with E-state index in [1.807, 2.05) is 61.8 Å². The highest BCUT2D eigenvalue weighted by molar-refractivity contribution is 6.39. The average Bonchev–Trinajstić information content (AvgIpc) is 3.89. The molecule has 2 aromatic carbocycles. The molecular formula is C35H32Cl2N8O4. The van der Waals surface area contributed by atoms with E-state index in [4.69, 9.17) is 23.2 Å². The topological polar surface area (TPSA) is 135 Å². The summed E-state index contributed by atoms with van der Waals surface area (Å²) in [6, 6.07) is 15.0. The number of benzene rings is 2. The van der Waals surface area contributed by atoms with Gasteiger partial charge >= 0.3 is 0 Å². The molecule has 2 saturated heterocycles. The van der Waals surface area contributed by atoms with Crippen molar-refractivity contribution in [3.8, 4) is 33.4 Å². The second-order valence-corrected chi connectivity index (χ2v) is 13.1. The van der Waals surface area contributed by atoms with Crippen LogP contribution in [0.2, 0.25) is 10.0 Å². The number of aryl methyl sites for hydroxylation is 1. The maximum absolute atomic E-state index is 13.3. The van der Waals surface area contributed by atoms with Crippen LogP contribution in [0.25, 0.3) is 38.9 Å². The number of hydrogen-bond donors (Lipinski definition) is 2. The van der Waals surface area contributed by atoms with E-state index in [9.17, 15) is 19.2 Å². The minimum absolute atomic E-state index is 0.0151. The third-order valence-corrected chi connectivity index (χ3v) is 9.81. The van der Waals surface area contributed by atoms with Gasteiger partial charge in [-0.3, -0.25) is 19.2 Å². The molecule has 14 heteroatoms. The Balaban J connectivity index is 1.15. The van der Waals surface area contributed by atoms with Crippen molar-refractivity contribution in [3.63, 3.8) is 0 Å². The number of aromatic nitrogens is 4. The summed E-state index contributed by atoms with van der Waals surface area (Å²) in [4.78, 5) is 48.1. The van der Waals surface area contributed by atoms with Crippen molar-refractivity contribution in [2.75, 3.05) is 6.54 Å². The molecule has 2 aliphatic heterocycles. The molecule has 2 atom stereocenters. The summed E-state index contributed by atoms with van der Waals surface area (Å²) in [6.07, 6.45) is 9.71. The summed E-state index contributed by atoms with van der Waals surface area (Å²) in [6.45, 7) is 2.53. The average molecular weight is 700 g/mol. The number of rotatable bonds is 10. The van der Waals surface area contributed by atoms with Crippen LogP contribution in [0.1, 0.15) is 31.4 Å². The first kappa shape index (κ1) is 32.4. The van der Waals surface area contributed by atoms with E-state index in [2.05, 4.69) is 20.8 Å². The molecule has 5 heterocycles. The van der Waals surface area contributed by atoms with Crippen molar-refractivity contribution in [2.45, 2.75) is 51.2 Å². The number of nitrogens with one attached hydrogen (secondary N) is 2. The lowest BCUT2D eigenvalue weighted by atomic mass is 9.97. The predicted molar refractivity (Wildman–Crippen MR) is 187 cm³/mol. The lowest BCUT2D eigenvalue weighted by Gasteiger charge is -2.16. The minimum atomic E-state index is -0.258. The second-order valence-electron chi connectivity index (χ2n) is 12.3. The molecule has 0 bridgehead atoms. The van der Waals surface area contributed by atoms with Crippen LogP contribution in [0, 0.1) is 6.92 Å². The third kappa shape index (κ3) is 6.49. The lowest BCUT2D eigenvalue weighted by Crippen LogP contribution is -2.36. The molecule has 2 aliphatic rings. The van der Waals surface area contributed by atoms with Gasteiger partial charge in [0.1, 0.15) is 18.2 Å². The Hall–Kier alpha value is -5.20. The number of nitrogens with zero attached hydrogens (tertiary/aromatic N) is 6. The Morgan fingerprint density at radius 3 is 2.12 bits per heavy atom. The van der Waals surface area contributed by atoms with E-state index >= 15 is 0 Å². The molecule has 250 valence electrons. The zero-order valence-corrected chi connectivity index (χ0v) is 28.0. The number of halogens is 2. The van der Waals surface area contributed by atoms with Crippen molar-refractivity contribution >= 4 is 53.3 Å². The maximum atomic E-state index is 13.3. The molecule has 7 rings (SSSR count). The Bertz CT molecular complexity index is 2200. The maximum Gasteiger partial charge on any atom is 0.291 e. The van der Waals surface area contributed by atoms with Gasteiger partial charge in [0.25, 0.3) is 5.56 Å². The van der Waals surface area contributed by atoms with Crippen molar-refractivity contribution in [3.05, 3.63) is 93.3 Å². The first-order valence-electron chi connectivity index (χ1n) is 15.9. The summed E-state index contributed by atoms with van der Waals surface area (Å²) >= 11 is 14.1. The van der Waals surface area contributed by atoms with Gasteiger partial charge in [-0.1, -0.05) is 59.6 Å². The third-order valence-electron chi connectivity index (χ3n) is 8.99. The smallest absolute Gasteiger partial charge is 0.291 e. The van der Waals surface area contributed by atoms with Gasteiger partial charge in [0.2, 0.25) is 18.2 Å². The van der Waals surface area contributed by atoms with Gasteiger partial charge in [-0.15, -0.1) is 0 Å². The van der Waals surface area contributed by atoms with Crippen LogP contribution in [-0.4, -0.2) is 66.9 Å². The Morgan fingerprint density at radius 2 is 1.51 bits per heavy atom. The van der Waals surface area contributed by atoms with Gasteiger partial charge in [0.05, 0.1) is 23.1 Å². The van der Waals surface area contributed by atoms with E-state index < -0.39 is 0 Å². The number of amides is 3. The van der Waals surface area contributed by atoms with E-state index in [0.717, 1.165) is 39.1 Å². The number of carbonyl (C=O) groups excluding carboxylic acids is 3. The minimum Gasteiger partial charge on any atom is -0.351 e. The quantitative estimate of drug-likeness (QED) is 0.0942. The fourth-order valence-corrected chi connectivity index (χ4v) is 7.09. The zero-order valence-electron chi connectivity index (χ0n) is 26.5. The van der Waals surface area contributed by atoms with Crippen LogP contribution in [0.3, 0.4) is 0 Å².